The zero-order valence-corrected chi connectivity index (χ0v) is 19.5. The molecule has 4 rings (SSSR count). The van der Waals surface area contributed by atoms with Gasteiger partial charge in [-0.3, -0.25) is 9.59 Å². The van der Waals surface area contributed by atoms with Crippen LogP contribution in [0.5, 0.6) is 5.75 Å². The molecule has 3 aromatic rings. The number of phenols is 1. The van der Waals surface area contributed by atoms with Gasteiger partial charge in [-0.05, 0) is 64.6 Å². The first-order valence-electron chi connectivity index (χ1n) is 9.80. The summed E-state index contributed by atoms with van der Waals surface area (Å²) in [5.41, 5.74) is 1.63. The average Bonchev–Trinajstić information content (AvgIpc) is 2.84. The summed E-state index contributed by atoms with van der Waals surface area (Å²) in [5, 5.41) is 20.6. The number of rotatable bonds is 4. The predicted molar refractivity (Wildman–Crippen MR) is 127 cm³/mol. The van der Waals surface area contributed by atoms with Gasteiger partial charge in [-0.2, -0.15) is 0 Å². The van der Waals surface area contributed by atoms with E-state index in [0.29, 0.717) is 21.7 Å². The number of benzene rings is 3. The Labute approximate surface area is 202 Å². The second kappa shape index (κ2) is 8.99. The summed E-state index contributed by atoms with van der Waals surface area (Å²) in [5.74, 6) is -4.38. The molecule has 0 aliphatic carbocycles. The van der Waals surface area contributed by atoms with Crippen LogP contribution in [-0.2, 0) is 11.3 Å². The maximum absolute atomic E-state index is 13.9. The number of phenolic OH excluding ortho intramolecular Hbond substituents is 1. The molecule has 0 bridgehead atoms. The lowest BCUT2D eigenvalue weighted by molar-refractivity contribution is -0.612. The van der Waals surface area contributed by atoms with E-state index in [1.165, 1.54) is 18.2 Å². The van der Waals surface area contributed by atoms with Crippen molar-refractivity contribution in [3.63, 3.8) is 0 Å². The molecular weight excluding hydrogens is 545 g/mol. The Hall–Kier alpha value is -2.78. The van der Waals surface area contributed by atoms with Gasteiger partial charge in [0.1, 0.15) is 11.7 Å². The lowest BCUT2D eigenvalue weighted by Crippen LogP contribution is -2.35. The van der Waals surface area contributed by atoms with E-state index in [9.17, 15) is 24.7 Å². The van der Waals surface area contributed by atoms with E-state index in [-0.39, 0.29) is 17.9 Å². The van der Waals surface area contributed by atoms with E-state index < -0.39 is 29.6 Å². The van der Waals surface area contributed by atoms with Crippen molar-refractivity contribution in [3.8, 4) is 5.75 Å². The Bertz CT molecular complexity index is 1230. The predicted octanol–water partition coefficient (Wildman–Crippen LogP) is 5.35. The van der Waals surface area contributed by atoms with Gasteiger partial charge in [0.15, 0.2) is 5.78 Å². The highest BCUT2D eigenvalue weighted by molar-refractivity contribution is 14.1. The number of carbonyl (C=O) groups is 2. The summed E-state index contributed by atoms with van der Waals surface area (Å²) in [6, 6.07) is 16.5. The normalized spacial score (nSPS) is 19.2. The largest absolute Gasteiger partial charge is 0.508 e. The maximum atomic E-state index is 13.9. The second-order valence-corrected chi connectivity index (χ2v) is 9.36. The van der Waals surface area contributed by atoms with Crippen LogP contribution in [0.25, 0.3) is 0 Å². The van der Waals surface area contributed by atoms with E-state index in [4.69, 9.17) is 11.6 Å². The number of Topliss-reactive ketones (excluding diaryl/α,β-unsaturated/α-hetero) is 1. The minimum absolute atomic E-state index is 0.0613. The second-order valence-electron chi connectivity index (χ2n) is 7.67. The monoisotopic (exact) mass is 562 g/mol. The van der Waals surface area contributed by atoms with Gasteiger partial charge >= 0.3 is 5.97 Å². The fraction of sp³-hybridized carbons (Fsp3) is 0.167. The van der Waals surface area contributed by atoms with E-state index in [2.05, 4.69) is 22.6 Å². The Balaban J connectivity index is 1.97. The molecule has 0 amide bonds. The highest BCUT2D eigenvalue weighted by atomic mass is 127. The standard InChI is InChI=1S/C24H17ClINO5/c25-16-7-4-13(5-8-16)22-21(20(24(30)31)14-2-1-3-18(28)10-14)23(29)19-11-17(26)9-6-15(19)12-27(22)32/h1-11,20-22H,12H2,(H-,28,30,31)/p+1. The zero-order chi connectivity index (χ0) is 23.0. The third-order valence-electron chi connectivity index (χ3n) is 5.68. The van der Waals surface area contributed by atoms with Crippen molar-refractivity contribution in [1.82, 2.24) is 0 Å². The Morgan fingerprint density at radius 3 is 2.47 bits per heavy atom. The highest BCUT2D eigenvalue weighted by Gasteiger charge is 2.51. The van der Waals surface area contributed by atoms with E-state index in [1.807, 2.05) is 6.07 Å². The van der Waals surface area contributed by atoms with Crippen LogP contribution in [0.3, 0.4) is 0 Å². The topological polar surface area (TPSA) is 94.7 Å². The summed E-state index contributed by atoms with van der Waals surface area (Å²) in [6.07, 6.45) is 0. The number of carboxylic acids is 1. The number of carbonyl (C=O) groups excluding carboxylic acids is 1. The molecule has 2 N–H and O–H groups in total. The number of halogens is 2. The molecule has 0 spiro atoms. The quantitative estimate of drug-likeness (QED) is 0.330. The molecular formula is C24H18ClINO5+. The van der Waals surface area contributed by atoms with Crippen LogP contribution < -0.4 is 0 Å². The molecule has 32 heavy (non-hydrogen) atoms. The molecule has 0 saturated heterocycles. The summed E-state index contributed by atoms with van der Waals surface area (Å²) in [7, 11) is 0. The molecule has 8 heteroatoms. The van der Waals surface area contributed by atoms with Crippen LogP contribution in [-0.4, -0.2) is 26.7 Å². The van der Waals surface area contributed by atoms with Gasteiger partial charge in [-0.1, -0.05) is 41.9 Å². The molecule has 1 aliphatic rings. The minimum Gasteiger partial charge on any atom is -0.508 e. The fourth-order valence-electron chi connectivity index (χ4n) is 4.27. The summed E-state index contributed by atoms with van der Waals surface area (Å²) in [4.78, 5) is 39.8. The molecule has 6 nitrogen and oxygen atoms in total. The number of hydrogen-bond donors (Lipinski definition) is 2. The third-order valence-corrected chi connectivity index (χ3v) is 6.61. The first kappa shape index (κ1) is 22.4. The summed E-state index contributed by atoms with van der Waals surface area (Å²) < 4.78 is 1.57. The number of nitrogens with zero attached hydrogens (tertiary/aromatic N) is 1. The lowest BCUT2D eigenvalue weighted by Gasteiger charge is -2.25. The highest BCUT2D eigenvalue weighted by Crippen LogP contribution is 2.43. The molecule has 3 unspecified atom stereocenters. The first-order valence-corrected chi connectivity index (χ1v) is 11.3. The molecule has 0 fully saturated rings. The van der Waals surface area contributed by atoms with Crippen LogP contribution in [0.2, 0.25) is 5.02 Å². The summed E-state index contributed by atoms with van der Waals surface area (Å²) >= 11 is 8.10. The smallest absolute Gasteiger partial charge is 0.312 e. The van der Waals surface area contributed by atoms with Crippen LogP contribution in [0.1, 0.15) is 39.0 Å². The maximum Gasteiger partial charge on any atom is 0.312 e. The SMILES string of the molecule is O=C(O)C(c1cccc(O)c1)C1C(=O)c2cc(I)ccc2C[N+](=O)C1c1ccc(Cl)cc1. The fourth-order valence-corrected chi connectivity index (χ4v) is 4.89. The summed E-state index contributed by atoms with van der Waals surface area (Å²) in [6.45, 7) is -0.0613. The van der Waals surface area contributed by atoms with Crippen molar-refractivity contribution in [2.24, 2.45) is 5.92 Å². The number of nitroso groups, excluding NO2 is 1. The Kier molecular flexibility index (Phi) is 6.30. The number of carboxylic acid groups (broad SMARTS) is 1. The van der Waals surface area contributed by atoms with Gasteiger partial charge in [0.2, 0.25) is 12.6 Å². The molecule has 162 valence electrons. The van der Waals surface area contributed by atoms with E-state index in [0.717, 1.165) is 8.33 Å². The van der Waals surface area contributed by atoms with Gasteiger partial charge in [-0.25, -0.2) is 0 Å². The minimum atomic E-state index is -1.35. The first-order chi connectivity index (χ1) is 15.3. The molecule has 0 saturated carbocycles. The zero-order valence-electron chi connectivity index (χ0n) is 16.6. The van der Waals surface area contributed by atoms with Crippen molar-refractivity contribution in [2.45, 2.75) is 18.5 Å². The number of fused-ring (bicyclic) bond motifs is 1. The number of ketones is 1. The Morgan fingerprint density at radius 1 is 1.09 bits per heavy atom. The van der Waals surface area contributed by atoms with Gasteiger partial charge in [0, 0.05) is 35.0 Å². The lowest BCUT2D eigenvalue weighted by atomic mass is 9.75. The van der Waals surface area contributed by atoms with Gasteiger partial charge in [-0.15, -0.1) is 0 Å². The average molecular weight is 563 g/mol. The number of hydrogen-bond acceptors (Lipinski definition) is 4. The van der Waals surface area contributed by atoms with Crippen molar-refractivity contribution < 1.29 is 24.6 Å². The molecule has 0 aromatic heterocycles. The molecule has 1 aliphatic heterocycles. The van der Waals surface area contributed by atoms with Crippen molar-refractivity contribution in [3.05, 3.63) is 102 Å². The molecule has 3 atom stereocenters. The van der Waals surface area contributed by atoms with Crippen molar-refractivity contribution >= 4 is 45.9 Å². The van der Waals surface area contributed by atoms with Gasteiger partial charge in [0.05, 0.1) is 5.92 Å². The van der Waals surface area contributed by atoms with Crippen LogP contribution in [0, 0.1) is 14.4 Å². The Morgan fingerprint density at radius 2 is 1.81 bits per heavy atom. The molecule has 1 heterocycles. The van der Waals surface area contributed by atoms with E-state index in [1.54, 1.807) is 42.5 Å². The van der Waals surface area contributed by atoms with Gasteiger partial charge < -0.3 is 10.2 Å². The molecule has 0 radical (unpaired) electrons. The number of aliphatic carboxylic acids is 1. The number of aromatic hydroxyl groups is 1. The van der Waals surface area contributed by atoms with Crippen molar-refractivity contribution in [1.29, 1.82) is 0 Å². The van der Waals surface area contributed by atoms with Crippen LogP contribution >= 0.6 is 34.2 Å². The third kappa shape index (κ3) is 4.27. The van der Waals surface area contributed by atoms with Crippen LogP contribution in [0.4, 0.5) is 0 Å². The van der Waals surface area contributed by atoms with Crippen molar-refractivity contribution in [2.75, 3.05) is 0 Å². The van der Waals surface area contributed by atoms with Gasteiger partial charge in [0.25, 0.3) is 0 Å². The molecule has 3 aromatic carbocycles. The van der Waals surface area contributed by atoms with Crippen LogP contribution in [0.15, 0.2) is 66.7 Å². The van der Waals surface area contributed by atoms with E-state index >= 15 is 0 Å².